The van der Waals surface area contributed by atoms with Gasteiger partial charge >= 0.3 is 0 Å². The van der Waals surface area contributed by atoms with Crippen LogP contribution in [0.5, 0.6) is 5.75 Å². The first-order chi connectivity index (χ1) is 12.5. The summed E-state index contributed by atoms with van der Waals surface area (Å²) >= 11 is 8.76. The predicted octanol–water partition coefficient (Wildman–Crippen LogP) is 2.91. The number of hydrogen-bond donors (Lipinski definition) is 1. The lowest BCUT2D eigenvalue weighted by Gasteiger charge is -2.17. The Kier molecular flexibility index (Phi) is 7.92. The number of benzene rings is 1. The van der Waals surface area contributed by atoms with Crippen LogP contribution in [0.3, 0.4) is 0 Å². The Balaban J connectivity index is 1.99. The highest BCUT2D eigenvalue weighted by molar-refractivity contribution is 8.00. The molecule has 2 N–H and O–H groups in total. The van der Waals surface area contributed by atoms with Crippen molar-refractivity contribution in [3.63, 3.8) is 0 Å². The van der Waals surface area contributed by atoms with Crippen molar-refractivity contribution in [2.24, 2.45) is 0 Å². The summed E-state index contributed by atoms with van der Waals surface area (Å²) in [4.78, 5) is 13.9. The fourth-order valence-electron chi connectivity index (χ4n) is 2.26. The molecule has 1 heterocycles. The molecule has 0 spiro atoms. The van der Waals surface area contributed by atoms with Crippen LogP contribution in [-0.4, -0.2) is 51.6 Å². The second kappa shape index (κ2) is 9.94. The zero-order valence-electron chi connectivity index (χ0n) is 14.9. The molecule has 1 aromatic carbocycles. The molecule has 0 saturated carbocycles. The molecule has 7 nitrogen and oxygen atoms in total. The van der Waals surface area contributed by atoms with Gasteiger partial charge in [0.25, 0.3) is 0 Å². The van der Waals surface area contributed by atoms with Crippen LogP contribution in [0.2, 0.25) is 5.02 Å². The van der Waals surface area contributed by atoms with Gasteiger partial charge in [-0.2, -0.15) is 0 Å². The molecule has 0 fully saturated rings. The lowest BCUT2D eigenvalue weighted by atomic mass is 10.2. The number of aromatic nitrogens is 3. The van der Waals surface area contributed by atoms with Crippen molar-refractivity contribution in [1.82, 2.24) is 19.8 Å². The van der Waals surface area contributed by atoms with Crippen LogP contribution in [0.25, 0.3) is 0 Å². The third kappa shape index (κ3) is 5.21. The highest BCUT2D eigenvalue weighted by atomic mass is 35.5. The number of nitrogens with zero attached hydrogens (tertiary/aromatic N) is 4. The normalized spacial score (nSPS) is 10.8. The molecular weight excluding hydrogens is 394 g/mol. The number of thioether (sulfide) groups is 2. The van der Waals surface area contributed by atoms with Crippen LogP contribution in [-0.2, 0) is 10.5 Å². The molecule has 10 heteroatoms. The van der Waals surface area contributed by atoms with Gasteiger partial charge in [-0.1, -0.05) is 35.1 Å². The van der Waals surface area contributed by atoms with Gasteiger partial charge in [-0.05, 0) is 32.0 Å². The molecule has 1 amide bonds. The Morgan fingerprint density at radius 2 is 1.92 bits per heavy atom. The first-order valence-electron chi connectivity index (χ1n) is 8.06. The van der Waals surface area contributed by atoms with E-state index < -0.39 is 0 Å². The molecule has 0 radical (unpaired) electrons. The van der Waals surface area contributed by atoms with Crippen LogP contribution in [0.15, 0.2) is 28.5 Å². The molecule has 2 aromatic rings. The number of rotatable bonds is 9. The third-order valence-corrected chi connectivity index (χ3v) is 5.83. The number of hydrogen-bond acceptors (Lipinski definition) is 7. The maximum Gasteiger partial charge on any atom is 0.233 e. The number of ether oxygens (including phenoxy) is 1. The van der Waals surface area contributed by atoms with Crippen molar-refractivity contribution < 1.29 is 9.53 Å². The van der Waals surface area contributed by atoms with Gasteiger partial charge in [-0.3, -0.25) is 4.79 Å². The minimum Gasteiger partial charge on any atom is -0.496 e. The number of carbonyl (C=O) groups is 1. The second-order valence-electron chi connectivity index (χ2n) is 5.23. The summed E-state index contributed by atoms with van der Waals surface area (Å²) in [7, 11) is 1.62. The van der Waals surface area contributed by atoms with Gasteiger partial charge in [0.2, 0.25) is 16.2 Å². The monoisotopic (exact) mass is 415 g/mol. The van der Waals surface area contributed by atoms with E-state index in [1.165, 1.54) is 28.2 Å². The van der Waals surface area contributed by atoms with Crippen molar-refractivity contribution in [2.45, 2.75) is 29.9 Å². The fraction of sp³-hybridized carbons (Fsp3) is 0.438. The first-order valence-corrected chi connectivity index (χ1v) is 10.4. The smallest absolute Gasteiger partial charge is 0.233 e. The number of carbonyl (C=O) groups excluding carboxylic acids is 1. The summed E-state index contributed by atoms with van der Waals surface area (Å²) in [6.45, 7) is 5.29. The van der Waals surface area contributed by atoms with Crippen LogP contribution < -0.4 is 10.6 Å². The molecule has 0 saturated heterocycles. The highest BCUT2D eigenvalue weighted by Gasteiger charge is 2.16. The Morgan fingerprint density at radius 3 is 2.54 bits per heavy atom. The molecule has 0 aliphatic heterocycles. The zero-order valence-corrected chi connectivity index (χ0v) is 17.3. The van der Waals surface area contributed by atoms with Crippen LogP contribution >= 0.6 is 35.1 Å². The third-order valence-electron chi connectivity index (χ3n) is 3.67. The largest absolute Gasteiger partial charge is 0.496 e. The van der Waals surface area contributed by atoms with Gasteiger partial charge in [0.1, 0.15) is 5.75 Å². The van der Waals surface area contributed by atoms with Crippen molar-refractivity contribution in [1.29, 1.82) is 0 Å². The average molecular weight is 416 g/mol. The number of methoxy groups -OCH3 is 1. The lowest BCUT2D eigenvalue weighted by molar-refractivity contribution is -0.127. The van der Waals surface area contributed by atoms with Crippen molar-refractivity contribution in [3.05, 3.63) is 28.8 Å². The first kappa shape index (κ1) is 20.7. The molecule has 26 heavy (non-hydrogen) atoms. The summed E-state index contributed by atoms with van der Waals surface area (Å²) in [5, 5.41) is 9.88. The van der Waals surface area contributed by atoms with Gasteiger partial charge in [0.05, 0.1) is 12.9 Å². The summed E-state index contributed by atoms with van der Waals surface area (Å²) in [6, 6.07) is 5.45. The topological polar surface area (TPSA) is 86.3 Å². The van der Waals surface area contributed by atoms with Gasteiger partial charge in [-0.25, -0.2) is 4.68 Å². The predicted molar refractivity (Wildman–Crippen MR) is 106 cm³/mol. The van der Waals surface area contributed by atoms with Crippen LogP contribution in [0.4, 0.5) is 0 Å². The number of halogens is 1. The SMILES string of the molecule is CCN(CC)C(=O)CSc1nnc(SCc2cc(Cl)ccc2OC)n1N. The van der Waals surface area contributed by atoms with Gasteiger partial charge in [0, 0.05) is 29.4 Å². The zero-order chi connectivity index (χ0) is 19.1. The highest BCUT2D eigenvalue weighted by Crippen LogP contribution is 2.30. The van der Waals surface area contributed by atoms with E-state index in [4.69, 9.17) is 22.2 Å². The Morgan fingerprint density at radius 1 is 1.27 bits per heavy atom. The molecule has 0 aliphatic carbocycles. The van der Waals surface area contributed by atoms with E-state index in [2.05, 4.69) is 10.2 Å². The molecular formula is C16H22ClN5O2S2. The second-order valence-corrected chi connectivity index (χ2v) is 7.56. The maximum absolute atomic E-state index is 12.1. The summed E-state index contributed by atoms with van der Waals surface area (Å²) in [5.41, 5.74) is 0.943. The fourth-order valence-corrected chi connectivity index (χ4v) is 4.10. The van der Waals surface area contributed by atoms with E-state index in [0.717, 1.165) is 11.3 Å². The molecule has 0 unspecified atom stereocenters. The van der Waals surface area contributed by atoms with E-state index in [1.54, 1.807) is 18.1 Å². The van der Waals surface area contributed by atoms with E-state index in [0.29, 0.717) is 34.2 Å². The Labute approximate surface area is 166 Å². The van der Waals surface area contributed by atoms with Crippen molar-refractivity contribution in [3.8, 4) is 5.75 Å². The minimum atomic E-state index is 0.0564. The molecule has 0 atom stereocenters. The van der Waals surface area contributed by atoms with Gasteiger partial charge < -0.3 is 15.5 Å². The molecule has 0 bridgehead atoms. The standard InChI is InChI=1S/C16H22ClN5O2S2/c1-4-21(5-2)14(23)10-26-16-20-19-15(22(16)18)25-9-11-8-12(17)6-7-13(11)24-3/h6-8H,4-5,9-10,18H2,1-3H3. The molecule has 142 valence electrons. The van der Waals surface area contributed by atoms with Crippen molar-refractivity contribution >= 4 is 41.0 Å². The number of amides is 1. The van der Waals surface area contributed by atoms with Crippen LogP contribution in [0.1, 0.15) is 19.4 Å². The van der Waals surface area contributed by atoms with E-state index in [1.807, 2.05) is 26.0 Å². The molecule has 1 aromatic heterocycles. The van der Waals surface area contributed by atoms with E-state index in [-0.39, 0.29) is 11.7 Å². The Hall–Kier alpha value is -1.58. The molecule has 2 rings (SSSR count). The summed E-state index contributed by atoms with van der Waals surface area (Å²) < 4.78 is 6.75. The van der Waals surface area contributed by atoms with E-state index in [9.17, 15) is 4.79 Å². The van der Waals surface area contributed by atoms with Crippen molar-refractivity contribution in [2.75, 3.05) is 31.8 Å². The average Bonchev–Trinajstić information content (AvgIpc) is 2.99. The maximum atomic E-state index is 12.1. The van der Waals surface area contributed by atoms with Gasteiger partial charge in [0.15, 0.2) is 0 Å². The quantitative estimate of drug-likeness (QED) is 0.497. The number of nitrogens with two attached hydrogens (primary N) is 1. The summed E-state index contributed by atoms with van der Waals surface area (Å²) in [6.07, 6.45) is 0. The molecule has 0 aliphatic rings. The Bertz CT molecular complexity index is 752. The lowest BCUT2D eigenvalue weighted by Crippen LogP contribution is -2.32. The van der Waals surface area contributed by atoms with Gasteiger partial charge in [-0.15, -0.1) is 10.2 Å². The minimum absolute atomic E-state index is 0.0564. The number of nitrogen functional groups attached to an aromatic ring is 1. The summed E-state index contributed by atoms with van der Waals surface area (Å²) in [5.74, 6) is 7.74. The van der Waals surface area contributed by atoms with Crippen LogP contribution in [0, 0.1) is 0 Å². The van der Waals surface area contributed by atoms with E-state index >= 15 is 0 Å².